The molecule has 0 unspecified atom stereocenters. The Balaban J connectivity index is 1.88. The maximum atomic E-state index is 11.7. The second-order valence-corrected chi connectivity index (χ2v) is 4.73. The Kier molecular flexibility index (Phi) is 3.78. The van der Waals surface area contributed by atoms with Crippen molar-refractivity contribution < 1.29 is 4.79 Å². The molecule has 0 fully saturated rings. The molecule has 0 saturated heterocycles. The summed E-state index contributed by atoms with van der Waals surface area (Å²) in [7, 11) is 0. The third-order valence-corrected chi connectivity index (χ3v) is 3.33. The van der Waals surface area contributed by atoms with E-state index in [1.54, 1.807) is 29.8 Å². The average molecular weight is 262 g/mol. The van der Waals surface area contributed by atoms with Gasteiger partial charge in [0.2, 0.25) is 0 Å². The lowest BCUT2D eigenvalue weighted by molar-refractivity contribution is 0.252. The quantitative estimate of drug-likeness (QED) is 0.743. The van der Waals surface area contributed by atoms with Crippen molar-refractivity contribution >= 4 is 28.7 Å². The molecule has 0 aliphatic rings. The van der Waals surface area contributed by atoms with E-state index in [1.165, 1.54) is 11.3 Å². The lowest BCUT2D eigenvalue weighted by Gasteiger charge is -2.07. The van der Waals surface area contributed by atoms with E-state index >= 15 is 0 Å². The van der Waals surface area contributed by atoms with Crippen LogP contribution in [0.3, 0.4) is 0 Å². The van der Waals surface area contributed by atoms with Crippen molar-refractivity contribution in [2.75, 3.05) is 11.1 Å². The van der Waals surface area contributed by atoms with Gasteiger partial charge in [-0.2, -0.15) is 0 Å². The fourth-order valence-corrected chi connectivity index (χ4v) is 2.16. The fraction of sp³-hybridized carbons (Fsp3) is 0.167. The molecule has 94 valence electrons. The van der Waals surface area contributed by atoms with Gasteiger partial charge in [-0.05, 0) is 25.1 Å². The summed E-state index contributed by atoms with van der Waals surface area (Å²) in [4.78, 5) is 16.8. The van der Waals surface area contributed by atoms with Gasteiger partial charge in [0.25, 0.3) is 0 Å². The molecule has 1 aromatic carbocycles. The summed E-state index contributed by atoms with van der Waals surface area (Å²) >= 11 is 1.53. The first kappa shape index (κ1) is 12.4. The molecule has 6 heteroatoms. The second kappa shape index (κ2) is 5.50. The monoisotopic (exact) mass is 262 g/mol. The van der Waals surface area contributed by atoms with Crippen LogP contribution in [0.5, 0.6) is 0 Å². The van der Waals surface area contributed by atoms with Gasteiger partial charge >= 0.3 is 6.03 Å². The van der Waals surface area contributed by atoms with Gasteiger partial charge in [0.05, 0.1) is 17.7 Å². The van der Waals surface area contributed by atoms with Crippen LogP contribution in [0.25, 0.3) is 0 Å². The molecule has 0 atom stereocenters. The van der Waals surface area contributed by atoms with Gasteiger partial charge in [0.1, 0.15) is 0 Å². The highest BCUT2D eigenvalue weighted by molar-refractivity contribution is 7.09. The van der Waals surface area contributed by atoms with Crippen LogP contribution >= 0.6 is 11.3 Å². The number of nitrogen functional groups attached to an aromatic ring is 1. The molecule has 5 nitrogen and oxygen atoms in total. The Labute approximate surface area is 109 Å². The highest BCUT2D eigenvalue weighted by Crippen LogP contribution is 2.13. The molecule has 18 heavy (non-hydrogen) atoms. The SMILES string of the molecule is Cc1ncsc1CNC(=O)Nc1cccc(N)c1. The number of aryl methyl sites for hydroxylation is 1. The van der Waals surface area contributed by atoms with E-state index in [0.717, 1.165) is 10.6 Å². The maximum Gasteiger partial charge on any atom is 0.319 e. The zero-order valence-corrected chi connectivity index (χ0v) is 10.8. The molecule has 0 aliphatic heterocycles. The first-order valence-electron chi connectivity index (χ1n) is 5.44. The molecule has 1 heterocycles. The van der Waals surface area contributed by atoms with Crippen LogP contribution in [0, 0.1) is 6.92 Å². The number of amides is 2. The first-order valence-corrected chi connectivity index (χ1v) is 6.32. The zero-order valence-electron chi connectivity index (χ0n) is 9.93. The third kappa shape index (κ3) is 3.21. The van der Waals surface area contributed by atoms with Crippen molar-refractivity contribution in [2.45, 2.75) is 13.5 Å². The lowest BCUT2D eigenvalue weighted by Crippen LogP contribution is -2.28. The second-order valence-electron chi connectivity index (χ2n) is 3.79. The van der Waals surface area contributed by atoms with Gasteiger partial charge in [-0.15, -0.1) is 11.3 Å². The normalized spacial score (nSPS) is 10.1. The van der Waals surface area contributed by atoms with Gasteiger partial charge in [-0.1, -0.05) is 6.07 Å². The first-order chi connectivity index (χ1) is 8.65. The number of rotatable bonds is 3. The maximum absolute atomic E-state index is 11.7. The standard InChI is InChI=1S/C12H14N4OS/c1-8-11(18-7-15-8)6-14-12(17)16-10-4-2-3-9(13)5-10/h2-5,7H,6,13H2,1H3,(H2,14,16,17). The predicted molar refractivity (Wildman–Crippen MR) is 73.6 cm³/mol. The Bertz CT molecular complexity index is 553. The molecule has 2 aromatic rings. The van der Waals surface area contributed by atoms with Gasteiger partial charge in [0.15, 0.2) is 0 Å². The number of carbonyl (C=O) groups excluding carboxylic acids is 1. The molecule has 0 radical (unpaired) electrons. The summed E-state index contributed by atoms with van der Waals surface area (Å²) in [5.41, 5.74) is 9.63. The number of carbonyl (C=O) groups is 1. The highest BCUT2D eigenvalue weighted by Gasteiger charge is 2.05. The van der Waals surface area contributed by atoms with Crippen molar-refractivity contribution in [3.8, 4) is 0 Å². The fourth-order valence-electron chi connectivity index (χ4n) is 1.45. The van der Waals surface area contributed by atoms with E-state index in [2.05, 4.69) is 15.6 Å². The Morgan fingerprint density at radius 2 is 2.33 bits per heavy atom. The summed E-state index contributed by atoms with van der Waals surface area (Å²) in [5.74, 6) is 0. The number of benzene rings is 1. The summed E-state index contributed by atoms with van der Waals surface area (Å²) in [6, 6.07) is 6.79. The molecule has 0 bridgehead atoms. The molecule has 1 aromatic heterocycles. The topological polar surface area (TPSA) is 80.0 Å². The molecule has 2 rings (SSSR count). The van der Waals surface area contributed by atoms with Crippen molar-refractivity contribution in [3.63, 3.8) is 0 Å². The third-order valence-electron chi connectivity index (χ3n) is 2.40. The number of nitrogens with zero attached hydrogens (tertiary/aromatic N) is 1. The molecule has 0 aliphatic carbocycles. The van der Waals surface area contributed by atoms with Crippen LogP contribution < -0.4 is 16.4 Å². The minimum atomic E-state index is -0.256. The summed E-state index contributed by atoms with van der Waals surface area (Å²) in [6.45, 7) is 2.40. The molecule has 4 N–H and O–H groups in total. The van der Waals surface area contributed by atoms with E-state index in [1.807, 2.05) is 6.92 Å². The number of hydrogen-bond donors (Lipinski definition) is 3. The van der Waals surface area contributed by atoms with E-state index < -0.39 is 0 Å². The minimum absolute atomic E-state index is 0.256. The van der Waals surface area contributed by atoms with E-state index in [-0.39, 0.29) is 6.03 Å². The lowest BCUT2D eigenvalue weighted by atomic mass is 10.3. The van der Waals surface area contributed by atoms with Gasteiger partial charge in [0, 0.05) is 16.3 Å². The summed E-state index contributed by atoms with van der Waals surface area (Å²) in [6.07, 6.45) is 0. The van der Waals surface area contributed by atoms with Crippen molar-refractivity contribution in [2.24, 2.45) is 0 Å². The number of nitrogens with one attached hydrogen (secondary N) is 2. The van der Waals surface area contributed by atoms with Crippen molar-refractivity contribution in [1.29, 1.82) is 0 Å². The van der Waals surface area contributed by atoms with E-state index in [4.69, 9.17) is 5.73 Å². The smallest absolute Gasteiger partial charge is 0.319 e. The van der Waals surface area contributed by atoms with E-state index in [0.29, 0.717) is 17.9 Å². The van der Waals surface area contributed by atoms with E-state index in [9.17, 15) is 4.79 Å². The van der Waals surface area contributed by atoms with Crippen molar-refractivity contribution in [3.05, 3.63) is 40.3 Å². The van der Waals surface area contributed by atoms with Crippen LogP contribution in [0.15, 0.2) is 29.8 Å². The minimum Gasteiger partial charge on any atom is -0.399 e. The van der Waals surface area contributed by atoms with Gasteiger partial charge in [-0.3, -0.25) is 0 Å². The Morgan fingerprint density at radius 1 is 1.50 bits per heavy atom. The number of urea groups is 1. The number of thiazole rings is 1. The highest BCUT2D eigenvalue weighted by atomic mass is 32.1. The number of aromatic nitrogens is 1. The van der Waals surface area contributed by atoms with Crippen molar-refractivity contribution in [1.82, 2.24) is 10.3 Å². The summed E-state index contributed by atoms with van der Waals surface area (Å²) in [5, 5.41) is 5.49. The summed E-state index contributed by atoms with van der Waals surface area (Å²) < 4.78 is 0. The Hall–Kier alpha value is -2.08. The molecule has 0 spiro atoms. The zero-order chi connectivity index (χ0) is 13.0. The van der Waals surface area contributed by atoms with Gasteiger partial charge in [-0.25, -0.2) is 9.78 Å². The van der Waals surface area contributed by atoms with Crippen LogP contribution in [-0.2, 0) is 6.54 Å². The van der Waals surface area contributed by atoms with Crippen LogP contribution in [0.4, 0.5) is 16.2 Å². The Morgan fingerprint density at radius 3 is 3.00 bits per heavy atom. The van der Waals surface area contributed by atoms with Crippen LogP contribution in [-0.4, -0.2) is 11.0 Å². The largest absolute Gasteiger partial charge is 0.399 e. The molecule has 2 amide bonds. The number of nitrogens with two attached hydrogens (primary N) is 1. The van der Waals surface area contributed by atoms with Crippen LogP contribution in [0.2, 0.25) is 0 Å². The number of anilines is 2. The molecule has 0 saturated carbocycles. The average Bonchev–Trinajstić information content (AvgIpc) is 2.72. The van der Waals surface area contributed by atoms with Crippen LogP contribution in [0.1, 0.15) is 10.6 Å². The van der Waals surface area contributed by atoms with Gasteiger partial charge < -0.3 is 16.4 Å². The predicted octanol–water partition coefficient (Wildman–Crippen LogP) is 2.36. The number of hydrogen-bond acceptors (Lipinski definition) is 4. The molecular weight excluding hydrogens is 248 g/mol. The molecular formula is C12H14N4OS.